The van der Waals surface area contributed by atoms with Crippen LogP contribution in [0, 0.1) is 28.1 Å². The molecule has 2 aliphatic carbocycles. The molecule has 0 aromatic rings. The van der Waals surface area contributed by atoms with Crippen LogP contribution in [0.5, 0.6) is 0 Å². The lowest BCUT2D eigenvalue weighted by molar-refractivity contribution is -0.883. The second-order valence-electron chi connectivity index (χ2n) is 7.95. The highest BCUT2D eigenvalue weighted by atomic mass is 16.5. The summed E-state index contributed by atoms with van der Waals surface area (Å²) in [5, 5.41) is 8.80. The molecule has 19 heavy (non-hydrogen) atoms. The number of hydrogen-bond donors (Lipinski definition) is 0. The van der Waals surface area contributed by atoms with Crippen LogP contribution in [0.3, 0.4) is 0 Å². The lowest BCUT2D eigenvalue weighted by Crippen LogP contribution is -2.44. The van der Waals surface area contributed by atoms with Crippen LogP contribution in [-0.4, -0.2) is 44.4 Å². The van der Waals surface area contributed by atoms with E-state index in [1.54, 1.807) is 0 Å². The van der Waals surface area contributed by atoms with Crippen LogP contribution in [0.15, 0.2) is 0 Å². The van der Waals surface area contributed by atoms with Crippen molar-refractivity contribution in [3.05, 3.63) is 0 Å². The molecule has 3 nitrogen and oxygen atoms in total. The zero-order valence-corrected chi connectivity index (χ0v) is 13.2. The van der Waals surface area contributed by atoms with Gasteiger partial charge in [-0.1, -0.05) is 20.8 Å². The highest BCUT2D eigenvalue weighted by Gasteiger charge is 2.61. The Kier molecular flexibility index (Phi) is 3.70. The summed E-state index contributed by atoms with van der Waals surface area (Å²) in [6.07, 6.45) is 4.34. The van der Waals surface area contributed by atoms with Gasteiger partial charge in [0.1, 0.15) is 12.6 Å². The van der Waals surface area contributed by atoms with Crippen LogP contribution in [0.25, 0.3) is 0 Å². The molecule has 0 heterocycles. The minimum atomic E-state index is 0.351. The summed E-state index contributed by atoms with van der Waals surface area (Å²) in [5.74, 6) is 0.837. The topological polar surface area (TPSA) is 33.0 Å². The predicted octanol–water partition coefficient (Wildman–Crippen LogP) is 2.82. The van der Waals surface area contributed by atoms with E-state index in [9.17, 15) is 0 Å². The summed E-state index contributed by atoms with van der Waals surface area (Å²) in [5.41, 5.74) is 0.777. The largest absolute Gasteiger partial charge is 0.372 e. The lowest BCUT2D eigenvalue weighted by atomic mass is 9.70. The first-order valence-corrected chi connectivity index (χ1v) is 7.53. The van der Waals surface area contributed by atoms with Gasteiger partial charge < -0.3 is 9.22 Å². The first-order chi connectivity index (χ1) is 8.73. The maximum Gasteiger partial charge on any atom is 0.166 e. The first kappa shape index (κ1) is 14.8. The molecule has 0 aliphatic heterocycles. The van der Waals surface area contributed by atoms with Crippen molar-refractivity contribution in [2.45, 2.75) is 46.1 Å². The van der Waals surface area contributed by atoms with Crippen LogP contribution in [0.4, 0.5) is 0 Å². The van der Waals surface area contributed by atoms with E-state index in [2.05, 4.69) is 40.9 Å². The fraction of sp³-hybridized carbons (Fsp3) is 0.938. The van der Waals surface area contributed by atoms with E-state index in [0.717, 1.165) is 23.6 Å². The second-order valence-corrected chi connectivity index (χ2v) is 7.95. The van der Waals surface area contributed by atoms with Crippen LogP contribution < -0.4 is 0 Å². The van der Waals surface area contributed by atoms with Gasteiger partial charge in [0.2, 0.25) is 0 Å². The van der Waals surface area contributed by atoms with E-state index in [1.807, 2.05) is 0 Å². The molecule has 0 N–H and O–H groups in total. The van der Waals surface area contributed by atoms with Gasteiger partial charge in [-0.15, -0.1) is 0 Å². The van der Waals surface area contributed by atoms with E-state index in [4.69, 9.17) is 10.00 Å². The molecular weight excluding hydrogens is 236 g/mol. The van der Waals surface area contributed by atoms with Gasteiger partial charge in [-0.25, -0.2) is 0 Å². The van der Waals surface area contributed by atoms with Crippen molar-refractivity contribution in [3.8, 4) is 6.07 Å². The van der Waals surface area contributed by atoms with Gasteiger partial charge in [0.15, 0.2) is 6.54 Å². The van der Waals surface area contributed by atoms with E-state index in [-0.39, 0.29) is 0 Å². The maximum atomic E-state index is 8.80. The molecule has 108 valence electrons. The Bertz CT molecular complexity index is 383. The second kappa shape index (κ2) is 4.75. The molecule has 2 saturated carbocycles. The molecule has 3 atom stereocenters. The van der Waals surface area contributed by atoms with Crippen molar-refractivity contribution in [2.24, 2.45) is 16.7 Å². The fourth-order valence-corrected chi connectivity index (χ4v) is 4.09. The standard InChI is InChI=1S/C16H29N2O/c1-15(2)13-6-7-16(15,3)14(12-13)19-11-10-18(4,5)9-8-17/h13-14H,6-7,9-12H2,1-5H3/q+1/t13-,14+,16+/m0/s1. The minimum absolute atomic E-state index is 0.351. The Labute approximate surface area is 118 Å². The van der Waals surface area contributed by atoms with Gasteiger partial charge in [-0.2, -0.15) is 5.26 Å². The smallest absolute Gasteiger partial charge is 0.166 e. The molecule has 3 heteroatoms. The van der Waals surface area contributed by atoms with E-state index in [1.165, 1.54) is 19.3 Å². The summed E-state index contributed by atoms with van der Waals surface area (Å²) in [4.78, 5) is 0. The molecule has 0 amide bonds. The molecule has 2 bridgehead atoms. The van der Waals surface area contributed by atoms with Crippen molar-refractivity contribution in [2.75, 3.05) is 33.8 Å². The number of rotatable bonds is 5. The zero-order valence-electron chi connectivity index (χ0n) is 13.2. The summed E-state index contributed by atoms with van der Waals surface area (Å²) in [6, 6.07) is 2.25. The van der Waals surface area contributed by atoms with Gasteiger partial charge in [0, 0.05) is 0 Å². The van der Waals surface area contributed by atoms with Gasteiger partial charge in [0.25, 0.3) is 0 Å². The molecule has 0 aromatic heterocycles. The van der Waals surface area contributed by atoms with Crippen molar-refractivity contribution in [1.82, 2.24) is 0 Å². The van der Waals surface area contributed by atoms with E-state index >= 15 is 0 Å². The van der Waals surface area contributed by atoms with Crippen molar-refractivity contribution < 1.29 is 9.22 Å². The monoisotopic (exact) mass is 265 g/mol. The molecule has 0 radical (unpaired) electrons. The average molecular weight is 265 g/mol. The van der Waals surface area contributed by atoms with Crippen LogP contribution in [-0.2, 0) is 4.74 Å². The van der Waals surface area contributed by atoms with Crippen molar-refractivity contribution in [1.29, 1.82) is 5.26 Å². The summed E-state index contributed by atoms with van der Waals surface area (Å²) < 4.78 is 6.96. The number of fused-ring (bicyclic) bond motifs is 2. The third kappa shape index (κ3) is 2.41. The van der Waals surface area contributed by atoms with Crippen LogP contribution in [0.2, 0.25) is 0 Å². The SMILES string of the molecule is CC1(C)[C@H]2CC[C@]1(C)[C@H](OCC[N+](C)(C)CC#N)C2. The maximum absolute atomic E-state index is 8.80. The number of hydrogen-bond acceptors (Lipinski definition) is 2. The third-order valence-corrected chi connectivity index (χ3v) is 6.23. The Balaban J connectivity index is 1.88. The quantitative estimate of drug-likeness (QED) is 0.565. The third-order valence-electron chi connectivity index (χ3n) is 6.23. The van der Waals surface area contributed by atoms with Crippen molar-refractivity contribution >= 4 is 0 Å². The number of likely N-dealkylation sites (N-methyl/N-ethyl adjacent to an activating group) is 1. The Morgan fingerprint density at radius 1 is 1.32 bits per heavy atom. The summed E-state index contributed by atoms with van der Waals surface area (Å²) in [7, 11) is 4.19. The average Bonchev–Trinajstić information content (AvgIpc) is 2.61. The van der Waals surface area contributed by atoms with Gasteiger partial charge >= 0.3 is 0 Å². The molecule has 0 unspecified atom stereocenters. The number of nitriles is 1. The summed E-state index contributed by atoms with van der Waals surface area (Å²) in [6.45, 7) is 9.51. The number of nitrogens with zero attached hydrogens (tertiary/aromatic N) is 2. The summed E-state index contributed by atoms with van der Waals surface area (Å²) >= 11 is 0. The first-order valence-electron chi connectivity index (χ1n) is 7.53. The Hall–Kier alpha value is -0.590. The number of ether oxygens (including phenoxy) is 1. The molecule has 2 fully saturated rings. The Morgan fingerprint density at radius 2 is 2.00 bits per heavy atom. The van der Waals surface area contributed by atoms with Crippen LogP contribution >= 0.6 is 0 Å². The molecule has 2 aliphatic rings. The minimum Gasteiger partial charge on any atom is -0.372 e. The van der Waals surface area contributed by atoms with E-state index in [0.29, 0.717) is 23.5 Å². The Morgan fingerprint density at radius 3 is 2.47 bits per heavy atom. The van der Waals surface area contributed by atoms with Gasteiger partial charge in [-0.05, 0) is 36.0 Å². The molecule has 2 rings (SSSR count). The van der Waals surface area contributed by atoms with Gasteiger partial charge in [-0.3, -0.25) is 0 Å². The van der Waals surface area contributed by atoms with Gasteiger partial charge in [0.05, 0.1) is 26.8 Å². The molecule has 0 aromatic carbocycles. The molecular formula is C16H29N2O+. The highest BCUT2D eigenvalue weighted by Crippen LogP contribution is 2.66. The zero-order chi connectivity index (χ0) is 14.3. The highest BCUT2D eigenvalue weighted by molar-refractivity contribution is 5.11. The lowest BCUT2D eigenvalue weighted by Gasteiger charge is -2.39. The fourth-order valence-electron chi connectivity index (χ4n) is 4.09. The number of quaternary nitrogens is 1. The molecule has 0 saturated heterocycles. The predicted molar refractivity (Wildman–Crippen MR) is 76.4 cm³/mol. The molecule has 0 spiro atoms. The van der Waals surface area contributed by atoms with Crippen molar-refractivity contribution in [3.63, 3.8) is 0 Å². The van der Waals surface area contributed by atoms with E-state index < -0.39 is 0 Å². The van der Waals surface area contributed by atoms with Crippen LogP contribution in [0.1, 0.15) is 40.0 Å². The normalized spacial score (nSPS) is 36.4.